The van der Waals surface area contributed by atoms with Gasteiger partial charge in [0.1, 0.15) is 0 Å². The minimum Gasteiger partial charge on any atom is -0.396 e. The molecule has 2 nitrogen and oxygen atoms in total. The number of nitrogens with one attached hydrogen (secondary N) is 1. The molecule has 2 N–H and O–H groups in total. The van der Waals surface area contributed by atoms with Gasteiger partial charge >= 0.3 is 0 Å². The van der Waals surface area contributed by atoms with Crippen LogP contribution in [0.2, 0.25) is 0 Å². The van der Waals surface area contributed by atoms with Crippen LogP contribution in [0.4, 0.5) is 0 Å². The highest BCUT2D eigenvalue weighted by Gasteiger charge is 2.20. The molecule has 1 fully saturated rings. The van der Waals surface area contributed by atoms with E-state index in [9.17, 15) is 0 Å². The molecule has 1 saturated carbocycles. The molecular weight excluding hydrogens is 174 g/mol. The molecule has 2 atom stereocenters. The first-order chi connectivity index (χ1) is 6.83. The molecule has 0 aromatic carbocycles. The van der Waals surface area contributed by atoms with Crippen LogP contribution < -0.4 is 5.32 Å². The second-order valence-corrected chi connectivity index (χ2v) is 4.77. The zero-order chi connectivity index (χ0) is 10.2. The van der Waals surface area contributed by atoms with Gasteiger partial charge in [0.15, 0.2) is 0 Å². The fourth-order valence-electron chi connectivity index (χ4n) is 2.36. The van der Waals surface area contributed by atoms with Crippen molar-refractivity contribution in [2.75, 3.05) is 19.7 Å². The van der Waals surface area contributed by atoms with E-state index in [1.165, 1.54) is 32.2 Å². The van der Waals surface area contributed by atoms with Crippen LogP contribution in [-0.2, 0) is 0 Å². The van der Waals surface area contributed by atoms with Gasteiger partial charge in [-0.25, -0.2) is 0 Å². The molecule has 14 heavy (non-hydrogen) atoms. The number of aliphatic hydroxyl groups excluding tert-OH is 1. The van der Waals surface area contributed by atoms with E-state index in [2.05, 4.69) is 12.2 Å². The highest BCUT2D eigenvalue weighted by atomic mass is 16.2. The molecule has 0 bridgehead atoms. The number of hydrogen-bond acceptors (Lipinski definition) is 2. The lowest BCUT2D eigenvalue weighted by molar-refractivity contribution is 0.282. The normalized spacial score (nSPS) is 27.0. The summed E-state index contributed by atoms with van der Waals surface area (Å²) in [6.07, 6.45) is 7.60. The van der Waals surface area contributed by atoms with Crippen LogP contribution in [0.1, 0.15) is 45.4 Å². The van der Waals surface area contributed by atoms with Crippen molar-refractivity contribution in [3.63, 3.8) is 0 Å². The van der Waals surface area contributed by atoms with E-state index in [-0.39, 0.29) is 0 Å². The predicted molar refractivity (Wildman–Crippen MR) is 60.3 cm³/mol. The molecule has 1 aliphatic rings. The summed E-state index contributed by atoms with van der Waals surface area (Å²) in [4.78, 5) is 0. The average molecular weight is 199 g/mol. The Morgan fingerprint density at radius 3 is 2.71 bits per heavy atom. The highest BCUT2D eigenvalue weighted by molar-refractivity contribution is 4.74. The molecule has 0 spiro atoms. The highest BCUT2D eigenvalue weighted by Crippen LogP contribution is 2.29. The van der Waals surface area contributed by atoms with Gasteiger partial charge in [-0.15, -0.1) is 0 Å². The van der Waals surface area contributed by atoms with Crippen molar-refractivity contribution in [3.05, 3.63) is 0 Å². The van der Waals surface area contributed by atoms with Crippen molar-refractivity contribution >= 4 is 0 Å². The van der Waals surface area contributed by atoms with Gasteiger partial charge in [-0.2, -0.15) is 0 Å². The van der Waals surface area contributed by atoms with Crippen LogP contribution in [0, 0.1) is 11.8 Å². The third-order valence-electron chi connectivity index (χ3n) is 3.25. The van der Waals surface area contributed by atoms with Crippen molar-refractivity contribution in [3.8, 4) is 0 Å². The van der Waals surface area contributed by atoms with E-state index in [0.29, 0.717) is 6.61 Å². The molecule has 0 aliphatic heterocycles. The summed E-state index contributed by atoms with van der Waals surface area (Å²) in [5.41, 5.74) is 0. The third kappa shape index (κ3) is 4.97. The summed E-state index contributed by atoms with van der Waals surface area (Å²) in [6.45, 7) is 5.05. The van der Waals surface area contributed by atoms with E-state index in [4.69, 9.17) is 5.11 Å². The second kappa shape index (κ2) is 7.24. The van der Waals surface area contributed by atoms with Crippen molar-refractivity contribution in [2.24, 2.45) is 11.8 Å². The summed E-state index contributed by atoms with van der Waals surface area (Å²) < 4.78 is 0. The van der Waals surface area contributed by atoms with Gasteiger partial charge in [-0.05, 0) is 57.0 Å². The summed E-state index contributed by atoms with van der Waals surface area (Å²) in [5.74, 6) is 1.89. The minimum absolute atomic E-state index is 0.347. The van der Waals surface area contributed by atoms with Crippen molar-refractivity contribution < 1.29 is 5.11 Å². The maximum absolute atomic E-state index is 8.60. The fourth-order valence-corrected chi connectivity index (χ4v) is 2.36. The van der Waals surface area contributed by atoms with Gasteiger partial charge < -0.3 is 10.4 Å². The molecule has 2 unspecified atom stereocenters. The fraction of sp³-hybridized carbons (Fsp3) is 1.00. The maximum atomic E-state index is 8.60. The van der Waals surface area contributed by atoms with Crippen LogP contribution in [0.5, 0.6) is 0 Å². The largest absolute Gasteiger partial charge is 0.396 e. The van der Waals surface area contributed by atoms with Gasteiger partial charge in [0.2, 0.25) is 0 Å². The predicted octanol–water partition coefficient (Wildman–Crippen LogP) is 2.17. The van der Waals surface area contributed by atoms with Crippen LogP contribution in [0.3, 0.4) is 0 Å². The maximum Gasteiger partial charge on any atom is 0.0431 e. The second-order valence-electron chi connectivity index (χ2n) is 4.77. The quantitative estimate of drug-likeness (QED) is 0.616. The van der Waals surface area contributed by atoms with E-state index in [1.54, 1.807) is 0 Å². The summed E-state index contributed by atoms with van der Waals surface area (Å²) >= 11 is 0. The van der Waals surface area contributed by atoms with Crippen molar-refractivity contribution in [2.45, 2.75) is 45.4 Å². The molecular formula is C12H25NO. The molecule has 2 heteroatoms. The smallest absolute Gasteiger partial charge is 0.0431 e. The first-order valence-electron chi connectivity index (χ1n) is 6.14. The zero-order valence-electron chi connectivity index (χ0n) is 9.47. The molecule has 0 saturated heterocycles. The number of rotatable bonds is 7. The lowest BCUT2D eigenvalue weighted by Crippen LogP contribution is -2.22. The number of aliphatic hydroxyl groups is 1. The molecule has 0 heterocycles. The lowest BCUT2D eigenvalue weighted by Gasteiger charge is -2.10. The van der Waals surface area contributed by atoms with Gasteiger partial charge in [-0.3, -0.25) is 0 Å². The summed E-state index contributed by atoms with van der Waals surface area (Å²) in [5, 5.41) is 12.1. The molecule has 0 radical (unpaired) electrons. The monoisotopic (exact) mass is 199 g/mol. The summed E-state index contributed by atoms with van der Waals surface area (Å²) in [6, 6.07) is 0. The Morgan fingerprint density at radius 1 is 1.21 bits per heavy atom. The Kier molecular flexibility index (Phi) is 6.20. The van der Waals surface area contributed by atoms with Crippen LogP contribution in [-0.4, -0.2) is 24.8 Å². The zero-order valence-corrected chi connectivity index (χ0v) is 9.47. The van der Waals surface area contributed by atoms with Gasteiger partial charge in [0, 0.05) is 6.61 Å². The van der Waals surface area contributed by atoms with Crippen LogP contribution in [0.15, 0.2) is 0 Å². The molecule has 1 aliphatic carbocycles. The standard InChI is InChI=1S/C12H25NO/c1-11-5-6-12(9-11)10-13-7-3-2-4-8-14/h11-14H,2-10H2,1H3. The number of unbranched alkanes of at least 4 members (excludes halogenated alkanes) is 2. The van der Waals surface area contributed by atoms with E-state index in [0.717, 1.165) is 31.2 Å². The Labute approximate surface area is 88.1 Å². The molecule has 0 aromatic rings. The molecule has 1 rings (SSSR count). The average Bonchev–Trinajstić information content (AvgIpc) is 2.58. The molecule has 0 amide bonds. The van der Waals surface area contributed by atoms with E-state index >= 15 is 0 Å². The van der Waals surface area contributed by atoms with Crippen molar-refractivity contribution in [1.29, 1.82) is 0 Å². The third-order valence-corrected chi connectivity index (χ3v) is 3.25. The van der Waals surface area contributed by atoms with Gasteiger partial charge in [0.05, 0.1) is 0 Å². The van der Waals surface area contributed by atoms with Gasteiger partial charge in [-0.1, -0.05) is 13.3 Å². The number of hydrogen-bond donors (Lipinski definition) is 2. The molecule has 84 valence electrons. The Hall–Kier alpha value is -0.0800. The SMILES string of the molecule is CC1CCC(CNCCCCCO)C1. The van der Waals surface area contributed by atoms with Gasteiger partial charge in [0.25, 0.3) is 0 Å². The van der Waals surface area contributed by atoms with E-state index in [1.807, 2.05) is 0 Å². The Morgan fingerprint density at radius 2 is 2.07 bits per heavy atom. The lowest BCUT2D eigenvalue weighted by atomic mass is 10.1. The first-order valence-corrected chi connectivity index (χ1v) is 6.14. The first kappa shape index (κ1) is 12.0. The summed E-state index contributed by atoms with van der Waals surface area (Å²) in [7, 11) is 0. The minimum atomic E-state index is 0.347. The molecule has 0 aromatic heterocycles. The topological polar surface area (TPSA) is 32.3 Å². The Balaban J connectivity index is 1.84. The Bertz CT molecular complexity index is 138. The van der Waals surface area contributed by atoms with Crippen LogP contribution in [0.25, 0.3) is 0 Å². The van der Waals surface area contributed by atoms with Crippen molar-refractivity contribution in [1.82, 2.24) is 5.32 Å². The van der Waals surface area contributed by atoms with Crippen LogP contribution >= 0.6 is 0 Å². The van der Waals surface area contributed by atoms with E-state index < -0.39 is 0 Å².